The van der Waals surface area contributed by atoms with Crippen LogP contribution in [0.15, 0.2) is 6.20 Å². The summed E-state index contributed by atoms with van der Waals surface area (Å²) in [6.45, 7) is 7.76. The average Bonchev–Trinajstić information content (AvgIpc) is 2.98. The minimum absolute atomic E-state index is 0.617. The maximum absolute atomic E-state index is 4.61. The third-order valence-electron chi connectivity index (χ3n) is 4.04. The molecule has 0 amide bonds. The van der Waals surface area contributed by atoms with Gasteiger partial charge in [0.2, 0.25) is 5.95 Å². The Balaban J connectivity index is 1.70. The molecule has 4 heteroatoms. The van der Waals surface area contributed by atoms with E-state index in [1.165, 1.54) is 32.4 Å². The number of aryl methyl sites for hydroxylation is 1. The number of nitrogens with zero attached hydrogens (tertiary/aromatic N) is 3. The highest BCUT2D eigenvalue weighted by atomic mass is 15.3. The molecule has 0 aromatic carbocycles. The minimum atomic E-state index is 0.617. The van der Waals surface area contributed by atoms with Gasteiger partial charge in [-0.2, -0.15) is 0 Å². The van der Waals surface area contributed by atoms with Crippen molar-refractivity contribution < 1.29 is 0 Å². The summed E-state index contributed by atoms with van der Waals surface area (Å²) in [6.07, 6.45) is 7.45. The first-order valence-electron chi connectivity index (χ1n) is 7.31. The van der Waals surface area contributed by atoms with Crippen LogP contribution in [-0.2, 0) is 0 Å². The minimum Gasteiger partial charge on any atom is -0.356 e. The number of nitrogens with one attached hydrogen (secondary N) is 1. The zero-order valence-electron chi connectivity index (χ0n) is 11.5. The summed E-state index contributed by atoms with van der Waals surface area (Å²) in [6, 6.07) is 1.51. The topological polar surface area (TPSA) is 33.1 Å². The van der Waals surface area contributed by atoms with E-state index in [1.54, 1.807) is 0 Å². The number of aromatic nitrogens is 2. The Morgan fingerprint density at radius 2 is 2.17 bits per heavy atom. The van der Waals surface area contributed by atoms with Gasteiger partial charge in [0.15, 0.2) is 0 Å². The van der Waals surface area contributed by atoms with Gasteiger partial charge in [-0.15, -0.1) is 0 Å². The van der Waals surface area contributed by atoms with Gasteiger partial charge in [-0.25, -0.2) is 4.98 Å². The van der Waals surface area contributed by atoms with Crippen LogP contribution in [0, 0.1) is 6.92 Å². The van der Waals surface area contributed by atoms with Crippen molar-refractivity contribution in [3.63, 3.8) is 0 Å². The highest BCUT2D eigenvalue weighted by molar-refractivity contribution is 5.29. The molecule has 1 aliphatic carbocycles. The number of anilines is 1. The van der Waals surface area contributed by atoms with Crippen molar-refractivity contribution in [1.82, 2.24) is 14.5 Å². The maximum Gasteiger partial charge on any atom is 0.203 e. The van der Waals surface area contributed by atoms with E-state index in [0.717, 1.165) is 30.6 Å². The first-order valence-corrected chi connectivity index (χ1v) is 7.31. The van der Waals surface area contributed by atoms with E-state index >= 15 is 0 Å². The summed E-state index contributed by atoms with van der Waals surface area (Å²) >= 11 is 0. The highest BCUT2D eigenvalue weighted by Crippen LogP contribution is 2.34. The van der Waals surface area contributed by atoms with E-state index < -0.39 is 0 Å². The van der Waals surface area contributed by atoms with Gasteiger partial charge < -0.3 is 9.88 Å². The number of imidazole rings is 1. The zero-order valence-corrected chi connectivity index (χ0v) is 11.5. The first kappa shape index (κ1) is 12.0. The lowest BCUT2D eigenvalue weighted by atomic mass is 10.2. The van der Waals surface area contributed by atoms with Gasteiger partial charge in [0.1, 0.15) is 0 Å². The molecule has 0 radical (unpaired) electrons. The molecule has 18 heavy (non-hydrogen) atoms. The Labute approximate surface area is 109 Å². The van der Waals surface area contributed by atoms with Gasteiger partial charge in [-0.1, -0.05) is 6.92 Å². The molecule has 3 rings (SSSR count). The lowest BCUT2D eigenvalue weighted by Gasteiger charge is -2.17. The Bertz CT molecular complexity index is 408. The second kappa shape index (κ2) is 4.92. The smallest absolute Gasteiger partial charge is 0.203 e. The predicted molar refractivity (Wildman–Crippen MR) is 74.0 cm³/mol. The van der Waals surface area contributed by atoms with Crippen LogP contribution in [0.2, 0.25) is 0 Å². The van der Waals surface area contributed by atoms with Crippen LogP contribution < -0.4 is 5.32 Å². The lowest BCUT2D eigenvalue weighted by Crippen LogP contribution is -2.24. The molecule has 0 bridgehead atoms. The maximum atomic E-state index is 4.61. The summed E-state index contributed by atoms with van der Waals surface area (Å²) in [4.78, 5) is 7.27. The monoisotopic (exact) mass is 248 g/mol. The van der Waals surface area contributed by atoms with Gasteiger partial charge in [-0.3, -0.25) is 4.90 Å². The summed E-state index contributed by atoms with van der Waals surface area (Å²) < 4.78 is 2.37. The lowest BCUT2D eigenvalue weighted by molar-refractivity contribution is 0.314. The molecular formula is C14H24N4. The quantitative estimate of drug-likeness (QED) is 0.868. The predicted octanol–water partition coefficient (Wildman–Crippen LogP) is 2.42. The first-order chi connectivity index (χ1) is 8.78. The third kappa shape index (κ3) is 2.39. The Morgan fingerprint density at radius 3 is 2.89 bits per heavy atom. The number of rotatable bonds is 5. The van der Waals surface area contributed by atoms with E-state index in [2.05, 4.69) is 39.8 Å². The van der Waals surface area contributed by atoms with E-state index in [0.29, 0.717) is 6.04 Å². The molecule has 100 valence electrons. The SMILES string of the molecule is CCCNc1nc(C)cn1C1CCN(C2CC2)C1. The van der Waals surface area contributed by atoms with Crippen molar-refractivity contribution in [2.45, 2.75) is 51.6 Å². The molecule has 1 N–H and O–H groups in total. The van der Waals surface area contributed by atoms with Crippen LogP contribution in [0.5, 0.6) is 0 Å². The van der Waals surface area contributed by atoms with Crippen molar-refractivity contribution in [3.05, 3.63) is 11.9 Å². The van der Waals surface area contributed by atoms with E-state index in [1.807, 2.05) is 0 Å². The summed E-state index contributed by atoms with van der Waals surface area (Å²) in [5, 5.41) is 3.45. The van der Waals surface area contributed by atoms with Gasteiger partial charge in [-0.05, 0) is 32.6 Å². The molecule has 1 saturated heterocycles. The number of likely N-dealkylation sites (tertiary alicyclic amines) is 1. The standard InChI is InChI=1S/C14H24N4/c1-3-7-15-14-16-11(2)9-18(14)13-6-8-17(10-13)12-4-5-12/h9,12-13H,3-8,10H2,1-2H3,(H,15,16). The van der Waals surface area contributed by atoms with Crippen molar-refractivity contribution >= 4 is 5.95 Å². The van der Waals surface area contributed by atoms with E-state index in [4.69, 9.17) is 0 Å². The van der Waals surface area contributed by atoms with Gasteiger partial charge >= 0.3 is 0 Å². The fourth-order valence-corrected chi connectivity index (χ4v) is 2.93. The fourth-order valence-electron chi connectivity index (χ4n) is 2.93. The Morgan fingerprint density at radius 1 is 1.33 bits per heavy atom. The Hall–Kier alpha value is -1.03. The van der Waals surface area contributed by atoms with Crippen LogP contribution >= 0.6 is 0 Å². The molecule has 2 fully saturated rings. The molecule has 1 saturated carbocycles. The van der Waals surface area contributed by atoms with Crippen LogP contribution in [-0.4, -0.2) is 40.1 Å². The molecular weight excluding hydrogens is 224 g/mol. The summed E-state index contributed by atoms with van der Waals surface area (Å²) in [7, 11) is 0. The molecule has 0 spiro atoms. The molecule has 2 heterocycles. The highest BCUT2D eigenvalue weighted by Gasteiger charge is 2.35. The number of hydrogen-bond acceptors (Lipinski definition) is 3. The Kier molecular flexibility index (Phi) is 3.29. The van der Waals surface area contributed by atoms with Crippen LogP contribution in [0.1, 0.15) is 44.3 Å². The largest absolute Gasteiger partial charge is 0.356 e. The van der Waals surface area contributed by atoms with Crippen LogP contribution in [0.25, 0.3) is 0 Å². The average molecular weight is 248 g/mol. The van der Waals surface area contributed by atoms with E-state index in [9.17, 15) is 0 Å². The third-order valence-corrected chi connectivity index (χ3v) is 4.04. The van der Waals surface area contributed by atoms with Gasteiger partial charge in [0, 0.05) is 31.9 Å². The second-order valence-corrected chi connectivity index (χ2v) is 5.71. The van der Waals surface area contributed by atoms with Crippen molar-refractivity contribution in [3.8, 4) is 0 Å². The molecule has 1 aromatic heterocycles. The molecule has 2 aliphatic rings. The number of hydrogen-bond donors (Lipinski definition) is 1. The van der Waals surface area contributed by atoms with Crippen molar-refractivity contribution in [2.75, 3.05) is 25.0 Å². The summed E-state index contributed by atoms with van der Waals surface area (Å²) in [5.41, 5.74) is 1.12. The zero-order chi connectivity index (χ0) is 12.5. The van der Waals surface area contributed by atoms with Crippen LogP contribution in [0.4, 0.5) is 5.95 Å². The second-order valence-electron chi connectivity index (χ2n) is 5.71. The molecule has 1 atom stereocenters. The van der Waals surface area contributed by atoms with E-state index in [-0.39, 0.29) is 0 Å². The van der Waals surface area contributed by atoms with Gasteiger partial charge in [0.25, 0.3) is 0 Å². The molecule has 1 unspecified atom stereocenters. The summed E-state index contributed by atoms with van der Waals surface area (Å²) in [5.74, 6) is 1.07. The fraction of sp³-hybridized carbons (Fsp3) is 0.786. The molecule has 1 aromatic rings. The van der Waals surface area contributed by atoms with Crippen molar-refractivity contribution in [2.24, 2.45) is 0 Å². The van der Waals surface area contributed by atoms with Crippen LogP contribution in [0.3, 0.4) is 0 Å². The normalized spacial score (nSPS) is 24.7. The van der Waals surface area contributed by atoms with Crippen molar-refractivity contribution in [1.29, 1.82) is 0 Å². The molecule has 4 nitrogen and oxygen atoms in total. The van der Waals surface area contributed by atoms with Gasteiger partial charge in [0.05, 0.1) is 11.7 Å². The molecule has 1 aliphatic heterocycles.